The molecule has 0 aliphatic carbocycles. The lowest BCUT2D eigenvalue weighted by Crippen LogP contribution is -2.07. The molecule has 0 N–H and O–H groups in total. The molecule has 1 heterocycles. The molecule has 0 saturated carbocycles. The van der Waals surface area contributed by atoms with Gasteiger partial charge in [0.2, 0.25) is 0 Å². The number of hydrogen-bond donors (Lipinski definition) is 0. The van der Waals surface area contributed by atoms with Crippen molar-refractivity contribution in [3.8, 4) is 11.4 Å². The first-order valence-electron chi connectivity index (χ1n) is 7.75. The molecule has 1 aromatic heterocycles. The van der Waals surface area contributed by atoms with E-state index in [2.05, 4.69) is 4.89 Å². The van der Waals surface area contributed by atoms with Crippen LogP contribution in [0.3, 0.4) is 0 Å². The first-order valence-corrected chi connectivity index (χ1v) is 8.51. The molecule has 0 spiro atoms. The van der Waals surface area contributed by atoms with Gasteiger partial charge in [0.25, 0.3) is 0 Å². The Kier molecular flexibility index (Phi) is 5.26. The predicted molar refractivity (Wildman–Crippen MR) is 95.3 cm³/mol. The van der Waals surface area contributed by atoms with Crippen molar-refractivity contribution in [3.63, 3.8) is 0 Å². The number of nitrogens with zero attached hydrogens (tertiary/aromatic N) is 1. The van der Waals surface area contributed by atoms with Gasteiger partial charge in [0.1, 0.15) is 0 Å². The molecule has 0 radical (unpaired) electrons. The Balaban J connectivity index is 2.05. The molecule has 0 saturated heterocycles. The second-order valence-corrected chi connectivity index (χ2v) is 6.40. The minimum atomic E-state index is -4.56. The van der Waals surface area contributed by atoms with Crippen molar-refractivity contribution >= 4 is 40.1 Å². The van der Waals surface area contributed by atoms with Gasteiger partial charge in [-0.3, -0.25) is 9.78 Å². The van der Waals surface area contributed by atoms with Gasteiger partial charge >= 0.3 is 12.1 Å². The summed E-state index contributed by atoms with van der Waals surface area (Å²) in [6.07, 6.45) is -2.79. The van der Waals surface area contributed by atoms with Crippen LogP contribution in [0.2, 0.25) is 10.0 Å². The highest BCUT2D eigenvalue weighted by Crippen LogP contribution is 2.39. The van der Waals surface area contributed by atoms with E-state index < -0.39 is 17.7 Å². The second-order valence-electron chi connectivity index (χ2n) is 5.58. The van der Waals surface area contributed by atoms with E-state index in [1.54, 1.807) is 37.4 Å². The van der Waals surface area contributed by atoms with Gasteiger partial charge in [0, 0.05) is 24.1 Å². The van der Waals surface area contributed by atoms with Gasteiger partial charge in [-0.25, -0.2) is 4.79 Å². The minimum absolute atomic E-state index is 0.148. The first-order chi connectivity index (χ1) is 12.7. The van der Waals surface area contributed by atoms with Gasteiger partial charge in [-0.05, 0) is 30.3 Å². The van der Waals surface area contributed by atoms with E-state index in [0.717, 1.165) is 17.5 Å². The van der Waals surface area contributed by atoms with Gasteiger partial charge < -0.3 is 4.57 Å². The Morgan fingerprint density at radius 3 is 2.37 bits per heavy atom. The molecule has 0 aliphatic heterocycles. The molecule has 27 heavy (non-hydrogen) atoms. The SMILES string of the molecule is CCC(=O)OOc1ccc2ccn(-c3c(Cl)cc(C(F)(F)F)cc3Cl)c2c1. The maximum absolute atomic E-state index is 12.9. The average Bonchev–Trinajstić information content (AvgIpc) is 3.01. The predicted octanol–water partition coefficient (Wildman–Crippen LogP) is 6.20. The lowest BCUT2D eigenvalue weighted by Gasteiger charge is -2.14. The van der Waals surface area contributed by atoms with E-state index in [-0.39, 0.29) is 27.9 Å². The van der Waals surface area contributed by atoms with E-state index in [1.165, 1.54) is 4.57 Å². The Bertz CT molecular complexity index is 992. The number of hydrogen-bond acceptors (Lipinski definition) is 3. The highest BCUT2D eigenvalue weighted by molar-refractivity contribution is 6.38. The molecular weight excluding hydrogens is 406 g/mol. The zero-order chi connectivity index (χ0) is 19.8. The van der Waals surface area contributed by atoms with Gasteiger partial charge in [-0.1, -0.05) is 30.1 Å². The standard InChI is InChI=1S/C18H12Cl2F3NO3/c1-2-16(25)27-26-12-4-3-10-5-6-24(15(10)9-12)17-13(19)7-11(8-14(17)20)18(21,22)23/h3-9H,2H2,1H3. The summed E-state index contributed by atoms with van der Waals surface area (Å²) < 4.78 is 40.3. The number of rotatable bonds is 4. The van der Waals surface area contributed by atoms with Gasteiger partial charge in [-0.15, -0.1) is 0 Å². The summed E-state index contributed by atoms with van der Waals surface area (Å²) in [6, 6.07) is 8.22. The summed E-state index contributed by atoms with van der Waals surface area (Å²) >= 11 is 12.2. The molecule has 0 aliphatic rings. The molecule has 0 bridgehead atoms. The molecule has 142 valence electrons. The van der Waals surface area contributed by atoms with Crippen LogP contribution in [0.15, 0.2) is 42.6 Å². The monoisotopic (exact) mass is 417 g/mol. The van der Waals surface area contributed by atoms with E-state index in [1.807, 2.05) is 0 Å². The van der Waals surface area contributed by atoms with E-state index in [4.69, 9.17) is 28.1 Å². The zero-order valence-electron chi connectivity index (χ0n) is 13.8. The molecule has 0 atom stereocenters. The Morgan fingerprint density at radius 1 is 1.11 bits per heavy atom. The number of fused-ring (bicyclic) bond motifs is 1. The van der Waals surface area contributed by atoms with Gasteiger partial charge in [0.15, 0.2) is 5.75 Å². The third kappa shape index (κ3) is 3.99. The van der Waals surface area contributed by atoms with Crippen molar-refractivity contribution in [1.82, 2.24) is 4.57 Å². The average molecular weight is 418 g/mol. The summed E-state index contributed by atoms with van der Waals surface area (Å²) in [5, 5.41) is 0.448. The molecular formula is C18H12Cl2F3NO3. The van der Waals surface area contributed by atoms with E-state index in [9.17, 15) is 18.0 Å². The summed E-state index contributed by atoms with van der Waals surface area (Å²) in [4.78, 5) is 20.8. The third-order valence-electron chi connectivity index (χ3n) is 3.77. The number of carbonyl (C=O) groups is 1. The van der Waals surface area contributed by atoms with Crippen LogP contribution in [0.25, 0.3) is 16.6 Å². The molecule has 0 amide bonds. The van der Waals surface area contributed by atoms with Crippen molar-refractivity contribution in [3.05, 3.63) is 58.2 Å². The third-order valence-corrected chi connectivity index (χ3v) is 4.35. The number of alkyl halides is 3. The minimum Gasteiger partial charge on any atom is -0.314 e. The summed E-state index contributed by atoms with van der Waals surface area (Å²) in [7, 11) is 0. The van der Waals surface area contributed by atoms with Crippen LogP contribution in [0.5, 0.6) is 5.75 Å². The van der Waals surface area contributed by atoms with Gasteiger partial charge in [-0.2, -0.15) is 13.2 Å². The Morgan fingerprint density at radius 2 is 1.78 bits per heavy atom. The quantitative estimate of drug-likeness (QED) is 0.374. The number of halogens is 5. The highest BCUT2D eigenvalue weighted by Gasteiger charge is 2.32. The van der Waals surface area contributed by atoms with Crippen LogP contribution < -0.4 is 4.89 Å². The smallest absolute Gasteiger partial charge is 0.314 e. The molecule has 3 rings (SSSR count). The zero-order valence-corrected chi connectivity index (χ0v) is 15.3. The van der Waals surface area contributed by atoms with Crippen LogP contribution in [0, 0.1) is 0 Å². The number of carbonyl (C=O) groups excluding carboxylic acids is 1. The van der Waals surface area contributed by atoms with Crippen LogP contribution in [-0.4, -0.2) is 10.5 Å². The number of aromatic nitrogens is 1. The fourth-order valence-electron chi connectivity index (χ4n) is 2.47. The highest BCUT2D eigenvalue weighted by atomic mass is 35.5. The van der Waals surface area contributed by atoms with Crippen LogP contribution >= 0.6 is 23.2 Å². The van der Waals surface area contributed by atoms with Crippen molar-refractivity contribution in [2.24, 2.45) is 0 Å². The van der Waals surface area contributed by atoms with Crippen LogP contribution in [-0.2, 0) is 15.9 Å². The fourth-order valence-corrected chi connectivity index (χ4v) is 3.14. The molecule has 0 unspecified atom stereocenters. The van der Waals surface area contributed by atoms with Crippen LogP contribution in [0.1, 0.15) is 18.9 Å². The maximum atomic E-state index is 12.9. The first kappa shape index (κ1) is 19.4. The van der Waals surface area contributed by atoms with Gasteiger partial charge in [0.05, 0.1) is 26.8 Å². The molecule has 4 nitrogen and oxygen atoms in total. The molecule has 9 heteroatoms. The Labute approximate surface area is 161 Å². The van der Waals surface area contributed by atoms with E-state index >= 15 is 0 Å². The molecule has 2 aromatic carbocycles. The van der Waals surface area contributed by atoms with E-state index in [0.29, 0.717) is 5.52 Å². The normalized spacial score (nSPS) is 11.6. The largest absolute Gasteiger partial charge is 0.416 e. The molecule has 0 fully saturated rings. The van der Waals surface area contributed by atoms with Crippen molar-refractivity contribution in [2.75, 3.05) is 0 Å². The lowest BCUT2D eigenvalue weighted by molar-refractivity contribution is -0.213. The van der Waals surface area contributed by atoms with Crippen molar-refractivity contribution < 1.29 is 27.7 Å². The molecule has 3 aromatic rings. The summed E-state index contributed by atoms with van der Waals surface area (Å²) in [6.45, 7) is 1.62. The lowest BCUT2D eigenvalue weighted by atomic mass is 10.2. The second kappa shape index (κ2) is 7.32. The fraction of sp³-hybridized carbons (Fsp3) is 0.167. The van der Waals surface area contributed by atoms with Crippen molar-refractivity contribution in [1.29, 1.82) is 0 Å². The topological polar surface area (TPSA) is 40.5 Å². The summed E-state index contributed by atoms with van der Waals surface area (Å²) in [5.41, 5.74) is -0.180. The summed E-state index contributed by atoms with van der Waals surface area (Å²) in [5.74, 6) is -0.303. The van der Waals surface area contributed by atoms with Crippen LogP contribution in [0.4, 0.5) is 13.2 Å². The maximum Gasteiger partial charge on any atom is 0.416 e. The van der Waals surface area contributed by atoms with Crippen molar-refractivity contribution in [2.45, 2.75) is 19.5 Å². The number of benzene rings is 2. The Hall–Kier alpha value is -2.38.